The second-order valence-corrected chi connectivity index (χ2v) is 6.11. The van der Waals surface area contributed by atoms with Crippen molar-refractivity contribution in [3.63, 3.8) is 0 Å². The quantitative estimate of drug-likeness (QED) is 0.856. The fourth-order valence-electron chi connectivity index (χ4n) is 2.16. The standard InChI is InChI=1S/C15H19BrClN3/c1-4-20-14(15(17)11(3)19-20)9-18-10(2)12-5-7-13(16)8-6-12/h5-8,10,18H,4,9H2,1-3H3/t10-/m0/s1. The first-order chi connectivity index (χ1) is 9.52. The van der Waals surface area contributed by atoms with Crippen molar-refractivity contribution in [1.29, 1.82) is 0 Å². The number of hydrogen-bond acceptors (Lipinski definition) is 2. The fraction of sp³-hybridized carbons (Fsp3) is 0.400. The molecular weight excluding hydrogens is 338 g/mol. The highest BCUT2D eigenvalue weighted by Crippen LogP contribution is 2.22. The highest BCUT2D eigenvalue weighted by Gasteiger charge is 2.13. The van der Waals surface area contributed by atoms with Crippen LogP contribution in [0.25, 0.3) is 0 Å². The molecule has 2 rings (SSSR count). The summed E-state index contributed by atoms with van der Waals surface area (Å²) < 4.78 is 3.05. The highest BCUT2D eigenvalue weighted by atomic mass is 79.9. The van der Waals surface area contributed by atoms with Crippen molar-refractivity contribution in [1.82, 2.24) is 15.1 Å². The Bertz CT molecular complexity index is 578. The van der Waals surface area contributed by atoms with Gasteiger partial charge in [0, 0.05) is 23.6 Å². The van der Waals surface area contributed by atoms with E-state index in [1.54, 1.807) is 0 Å². The topological polar surface area (TPSA) is 29.9 Å². The van der Waals surface area contributed by atoms with Gasteiger partial charge in [0.2, 0.25) is 0 Å². The van der Waals surface area contributed by atoms with Crippen LogP contribution in [0.4, 0.5) is 0 Å². The number of rotatable bonds is 5. The number of nitrogens with one attached hydrogen (secondary N) is 1. The smallest absolute Gasteiger partial charge is 0.0860 e. The lowest BCUT2D eigenvalue weighted by molar-refractivity contribution is 0.531. The summed E-state index contributed by atoms with van der Waals surface area (Å²) in [5.74, 6) is 0. The van der Waals surface area contributed by atoms with Crippen LogP contribution in [0.2, 0.25) is 5.02 Å². The lowest BCUT2D eigenvalue weighted by Gasteiger charge is -2.15. The zero-order valence-corrected chi connectivity index (χ0v) is 14.3. The first-order valence-corrected chi connectivity index (χ1v) is 7.90. The van der Waals surface area contributed by atoms with Gasteiger partial charge in [-0.3, -0.25) is 4.68 Å². The van der Waals surface area contributed by atoms with Crippen LogP contribution >= 0.6 is 27.5 Å². The molecule has 108 valence electrons. The summed E-state index contributed by atoms with van der Waals surface area (Å²) in [6, 6.07) is 8.61. The third-order valence-corrected chi connectivity index (χ3v) is 4.42. The van der Waals surface area contributed by atoms with Crippen LogP contribution in [0.15, 0.2) is 28.7 Å². The highest BCUT2D eigenvalue weighted by molar-refractivity contribution is 9.10. The monoisotopic (exact) mass is 355 g/mol. The Morgan fingerprint density at radius 2 is 2.00 bits per heavy atom. The Morgan fingerprint density at radius 3 is 2.60 bits per heavy atom. The first-order valence-electron chi connectivity index (χ1n) is 6.73. The summed E-state index contributed by atoms with van der Waals surface area (Å²) in [6.45, 7) is 7.71. The molecule has 5 heteroatoms. The average Bonchev–Trinajstić information content (AvgIpc) is 2.72. The molecule has 0 spiro atoms. The number of nitrogens with zero attached hydrogens (tertiary/aromatic N) is 2. The molecule has 0 aliphatic rings. The predicted octanol–water partition coefficient (Wildman–Crippen LogP) is 4.48. The second kappa shape index (κ2) is 6.74. The van der Waals surface area contributed by atoms with Crippen LogP contribution in [0.1, 0.15) is 36.8 Å². The predicted molar refractivity (Wildman–Crippen MR) is 87.0 cm³/mol. The van der Waals surface area contributed by atoms with E-state index < -0.39 is 0 Å². The van der Waals surface area contributed by atoms with E-state index in [1.165, 1.54) is 5.56 Å². The Labute approximate surface area is 133 Å². The first kappa shape index (κ1) is 15.5. The van der Waals surface area contributed by atoms with Gasteiger partial charge >= 0.3 is 0 Å². The molecule has 1 aromatic carbocycles. The van der Waals surface area contributed by atoms with Crippen LogP contribution in [0.5, 0.6) is 0 Å². The van der Waals surface area contributed by atoms with Crippen molar-refractivity contribution in [3.8, 4) is 0 Å². The van der Waals surface area contributed by atoms with Crippen molar-refractivity contribution in [2.45, 2.75) is 39.9 Å². The van der Waals surface area contributed by atoms with E-state index in [9.17, 15) is 0 Å². The number of aromatic nitrogens is 2. The molecule has 0 aliphatic heterocycles. The molecule has 0 fully saturated rings. The lowest BCUT2D eigenvalue weighted by Crippen LogP contribution is -2.20. The number of hydrogen-bond donors (Lipinski definition) is 1. The lowest BCUT2D eigenvalue weighted by atomic mass is 10.1. The van der Waals surface area contributed by atoms with E-state index in [2.05, 4.69) is 64.5 Å². The Balaban J connectivity index is 2.07. The zero-order valence-electron chi connectivity index (χ0n) is 12.0. The SMILES string of the molecule is CCn1nc(C)c(Cl)c1CN[C@@H](C)c1ccc(Br)cc1. The van der Waals surface area contributed by atoms with E-state index in [0.717, 1.165) is 27.4 Å². The average molecular weight is 357 g/mol. The minimum absolute atomic E-state index is 0.264. The molecule has 0 amide bonds. The van der Waals surface area contributed by atoms with Crippen LogP contribution in [-0.2, 0) is 13.1 Å². The summed E-state index contributed by atoms with van der Waals surface area (Å²) in [5, 5.41) is 8.70. The summed E-state index contributed by atoms with van der Waals surface area (Å²) in [5.41, 5.74) is 3.20. The maximum Gasteiger partial charge on any atom is 0.0860 e. The van der Waals surface area contributed by atoms with Gasteiger partial charge < -0.3 is 5.32 Å². The normalized spacial score (nSPS) is 12.7. The minimum Gasteiger partial charge on any atom is -0.305 e. The summed E-state index contributed by atoms with van der Waals surface area (Å²) in [4.78, 5) is 0. The molecule has 1 aromatic heterocycles. The molecule has 2 aromatic rings. The van der Waals surface area contributed by atoms with Crippen LogP contribution in [-0.4, -0.2) is 9.78 Å². The van der Waals surface area contributed by atoms with E-state index >= 15 is 0 Å². The van der Waals surface area contributed by atoms with Crippen LogP contribution in [0.3, 0.4) is 0 Å². The van der Waals surface area contributed by atoms with Gasteiger partial charge in [-0.25, -0.2) is 0 Å². The molecule has 1 heterocycles. The molecule has 1 atom stereocenters. The minimum atomic E-state index is 0.264. The van der Waals surface area contributed by atoms with Gasteiger partial charge in [-0.15, -0.1) is 0 Å². The number of halogens is 2. The van der Waals surface area contributed by atoms with Crippen molar-refractivity contribution in [2.75, 3.05) is 0 Å². The Hall–Kier alpha value is -0.840. The van der Waals surface area contributed by atoms with Gasteiger partial charge in [0.15, 0.2) is 0 Å². The van der Waals surface area contributed by atoms with Crippen molar-refractivity contribution in [3.05, 3.63) is 50.7 Å². The van der Waals surface area contributed by atoms with Crippen LogP contribution in [0, 0.1) is 6.92 Å². The van der Waals surface area contributed by atoms with E-state index in [-0.39, 0.29) is 6.04 Å². The molecular formula is C15H19BrClN3. The van der Waals surface area contributed by atoms with E-state index in [1.807, 2.05) is 11.6 Å². The molecule has 0 radical (unpaired) electrons. The largest absolute Gasteiger partial charge is 0.305 e. The van der Waals surface area contributed by atoms with Crippen molar-refractivity contribution in [2.24, 2.45) is 0 Å². The van der Waals surface area contributed by atoms with E-state index in [0.29, 0.717) is 6.54 Å². The fourth-order valence-corrected chi connectivity index (χ4v) is 2.62. The Kier molecular flexibility index (Phi) is 5.24. The maximum atomic E-state index is 6.31. The molecule has 3 nitrogen and oxygen atoms in total. The molecule has 0 unspecified atom stereocenters. The number of aryl methyl sites for hydroxylation is 2. The summed E-state index contributed by atoms with van der Waals surface area (Å²) in [7, 11) is 0. The molecule has 20 heavy (non-hydrogen) atoms. The van der Waals surface area contributed by atoms with Crippen molar-refractivity contribution >= 4 is 27.5 Å². The molecule has 0 bridgehead atoms. The van der Waals surface area contributed by atoms with Crippen molar-refractivity contribution < 1.29 is 0 Å². The Morgan fingerprint density at radius 1 is 1.35 bits per heavy atom. The molecule has 1 N–H and O–H groups in total. The van der Waals surface area contributed by atoms with Gasteiger partial charge in [0.1, 0.15) is 0 Å². The van der Waals surface area contributed by atoms with Gasteiger partial charge in [-0.05, 0) is 38.5 Å². The van der Waals surface area contributed by atoms with Gasteiger partial charge in [-0.2, -0.15) is 5.10 Å². The van der Waals surface area contributed by atoms with Crippen LogP contribution < -0.4 is 5.32 Å². The van der Waals surface area contributed by atoms with Gasteiger partial charge in [0.25, 0.3) is 0 Å². The third-order valence-electron chi connectivity index (χ3n) is 3.40. The molecule has 0 saturated heterocycles. The molecule has 0 aliphatic carbocycles. The van der Waals surface area contributed by atoms with Gasteiger partial charge in [-0.1, -0.05) is 39.7 Å². The summed E-state index contributed by atoms with van der Waals surface area (Å²) in [6.07, 6.45) is 0. The number of benzene rings is 1. The zero-order chi connectivity index (χ0) is 14.7. The van der Waals surface area contributed by atoms with Gasteiger partial charge in [0.05, 0.1) is 16.4 Å². The van der Waals surface area contributed by atoms with E-state index in [4.69, 9.17) is 11.6 Å². The third kappa shape index (κ3) is 3.43. The summed E-state index contributed by atoms with van der Waals surface area (Å²) >= 11 is 9.77. The maximum absolute atomic E-state index is 6.31. The second-order valence-electron chi connectivity index (χ2n) is 4.82. The molecule has 0 saturated carbocycles.